The van der Waals surface area contributed by atoms with E-state index >= 15 is 0 Å². The number of nitrogens with one attached hydrogen (secondary N) is 1. The molecule has 2 saturated heterocycles. The van der Waals surface area contributed by atoms with Crippen molar-refractivity contribution in [1.82, 2.24) is 25.1 Å². The van der Waals surface area contributed by atoms with Crippen LogP contribution in [0.15, 0.2) is 30.5 Å². The summed E-state index contributed by atoms with van der Waals surface area (Å²) in [4.78, 5) is 16.2. The van der Waals surface area contributed by atoms with Gasteiger partial charge in [-0.3, -0.25) is 10.00 Å². The van der Waals surface area contributed by atoms with E-state index in [1.807, 2.05) is 18.3 Å². The average Bonchev–Trinajstić information content (AvgIpc) is 3.53. The van der Waals surface area contributed by atoms with Gasteiger partial charge in [0, 0.05) is 41.7 Å². The molecule has 1 unspecified atom stereocenters. The Morgan fingerprint density at radius 1 is 1.11 bits per heavy atom. The van der Waals surface area contributed by atoms with Crippen LogP contribution in [0, 0.1) is 5.92 Å². The highest BCUT2D eigenvalue weighted by atomic mass is 32.2. The molecule has 1 atom stereocenters. The van der Waals surface area contributed by atoms with Crippen LogP contribution in [0.3, 0.4) is 0 Å². The number of likely N-dealkylation sites (tertiary alicyclic amines) is 1. The predicted octanol–water partition coefficient (Wildman–Crippen LogP) is 4.11. The SMILES string of the molecule is CS(=O)(=O)CC1CCCCN(Cc2cc3nc(-c4cccc5[nH]ncc45)nc(N4CCOCC4)c3s2)CC1. The first-order valence-corrected chi connectivity index (χ1v) is 16.3. The molecule has 5 heterocycles. The molecule has 1 aromatic carbocycles. The molecule has 1 N–H and O–H groups in total. The van der Waals surface area contributed by atoms with Crippen LogP contribution in [0.4, 0.5) is 5.82 Å². The van der Waals surface area contributed by atoms with Gasteiger partial charge in [0.1, 0.15) is 9.84 Å². The standard InChI is InChI=1S/C27H34N6O3S2/c1-38(34,35)18-19-5-2-3-9-32(10-8-19)17-20-15-24-25(37-20)27(33-11-13-36-14-12-33)30-26(29-24)21-6-4-7-23-22(21)16-28-31-23/h4,6-7,15-16,19H,2-3,5,8-14,17-18H2,1H3,(H,28,31). The minimum Gasteiger partial charge on any atom is -0.378 e. The van der Waals surface area contributed by atoms with Crippen LogP contribution < -0.4 is 4.90 Å². The summed E-state index contributed by atoms with van der Waals surface area (Å²) in [5.74, 6) is 2.24. The average molecular weight is 555 g/mol. The van der Waals surface area contributed by atoms with Gasteiger partial charge in [0.2, 0.25) is 0 Å². The highest BCUT2D eigenvalue weighted by Gasteiger charge is 2.23. The second-order valence-corrected chi connectivity index (χ2v) is 13.9. The lowest BCUT2D eigenvalue weighted by molar-refractivity contribution is 0.122. The Hall–Kier alpha value is -2.60. The zero-order chi connectivity index (χ0) is 26.1. The minimum absolute atomic E-state index is 0.252. The molecule has 6 rings (SSSR count). The van der Waals surface area contributed by atoms with Gasteiger partial charge < -0.3 is 9.64 Å². The topological polar surface area (TPSA) is 104 Å². The maximum absolute atomic E-state index is 11.9. The van der Waals surface area contributed by atoms with Crippen molar-refractivity contribution < 1.29 is 13.2 Å². The number of H-pyrrole nitrogens is 1. The van der Waals surface area contributed by atoms with E-state index < -0.39 is 9.84 Å². The van der Waals surface area contributed by atoms with Gasteiger partial charge in [0.15, 0.2) is 11.6 Å². The number of rotatable bonds is 6. The maximum atomic E-state index is 11.9. The monoisotopic (exact) mass is 554 g/mol. The molecule has 0 radical (unpaired) electrons. The van der Waals surface area contributed by atoms with Crippen LogP contribution in [0.2, 0.25) is 0 Å². The Morgan fingerprint density at radius 3 is 2.82 bits per heavy atom. The van der Waals surface area contributed by atoms with E-state index in [1.54, 1.807) is 11.3 Å². The molecule has 2 aliphatic rings. The summed E-state index contributed by atoms with van der Waals surface area (Å²) in [5.41, 5.74) is 2.91. The third kappa shape index (κ3) is 5.70. The molecule has 4 aromatic rings. The van der Waals surface area contributed by atoms with Gasteiger partial charge >= 0.3 is 0 Å². The van der Waals surface area contributed by atoms with E-state index in [-0.39, 0.29) is 5.92 Å². The predicted molar refractivity (Wildman–Crippen MR) is 152 cm³/mol. The number of anilines is 1. The second-order valence-electron chi connectivity index (χ2n) is 10.6. The van der Waals surface area contributed by atoms with Crippen molar-refractivity contribution in [3.05, 3.63) is 35.3 Å². The number of nitrogens with zero attached hydrogens (tertiary/aromatic N) is 5. The molecule has 11 heteroatoms. The van der Waals surface area contributed by atoms with Crippen molar-refractivity contribution >= 4 is 48.1 Å². The van der Waals surface area contributed by atoms with Gasteiger partial charge in [-0.2, -0.15) is 5.10 Å². The Labute approximate surface area is 227 Å². The summed E-state index contributed by atoms with van der Waals surface area (Å²) in [6.07, 6.45) is 7.31. The number of sulfone groups is 1. The number of morpholine rings is 1. The number of ether oxygens (including phenoxy) is 1. The van der Waals surface area contributed by atoms with E-state index in [1.165, 1.54) is 11.1 Å². The lowest BCUT2D eigenvalue weighted by Crippen LogP contribution is -2.36. The van der Waals surface area contributed by atoms with Gasteiger partial charge in [-0.15, -0.1) is 11.3 Å². The zero-order valence-electron chi connectivity index (χ0n) is 21.7. The first-order valence-electron chi connectivity index (χ1n) is 13.4. The summed E-state index contributed by atoms with van der Waals surface area (Å²) in [6.45, 7) is 5.81. The van der Waals surface area contributed by atoms with Gasteiger partial charge in [-0.1, -0.05) is 18.6 Å². The Bertz CT molecular complexity index is 1530. The summed E-state index contributed by atoms with van der Waals surface area (Å²) in [7, 11) is -2.95. The van der Waals surface area contributed by atoms with Crippen LogP contribution in [-0.2, 0) is 21.1 Å². The van der Waals surface area contributed by atoms with E-state index in [0.29, 0.717) is 24.8 Å². The van der Waals surface area contributed by atoms with Gasteiger partial charge in [0.25, 0.3) is 0 Å². The first-order chi connectivity index (χ1) is 18.4. The Balaban J connectivity index is 1.32. The fourth-order valence-corrected chi connectivity index (χ4v) is 8.02. The van der Waals surface area contributed by atoms with E-state index in [4.69, 9.17) is 14.7 Å². The lowest BCUT2D eigenvalue weighted by atomic mass is 9.98. The molecule has 38 heavy (non-hydrogen) atoms. The fraction of sp³-hybridized carbons (Fsp3) is 0.519. The normalized spacial score (nSPS) is 20.1. The molecule has 9 nitrogen and oxygen atoms in total. The van der Waals surface area contributed by atoms with Gasteiger partial charge in [-0.05, 0) is 50.4 Å². The number of fused-ring (bicyclic) bond motifs is 2. The number of hydrogen-bond donors (Lipinski definition) is 1. The lowest BCUT2D eigenvalue weighted by Gasteiger charge is -2.28. The molecule has 2 fully saturated rings. The van der Waals surface area contributed by atoms with Crippen LogP contribution in [0.25, 0.3) is 32.5 Å². The Morgan fingerprint density at radius 2 is 1.97 bits per heavy atom. The first kappa shape index (κ1) is 25.7. The number of benzene rings is 1. The molecular weight excluding hydrogens is 520 g/mol. The Kier molecular flexibility index (Phi) is 7.35. The van der Waals surface area contributed by atoms with E-state index in [9.17, 15) is 8.42 Å². The summed E-state index contributed by atoms with van der Waals surface area (Å²) >= 11 is 1.78. The molecule has 3 aromatic heterocycles. The van der Waals surface area contributed by atoms with Crippen molar-refractivity contribution in [2.75, 3.05) is 56.3 Å². The van der Waals surface area contributed by atoms with E-state index in [0.717, 1.165) is 90.9 Å². The van der Waals surface area contributed by atoms with Crippen LogP contribution in [0.5, 0.6) is 0 Å². The molecular formula is C27H34N6O3S2. The number of aromatic amines is 1. The van der Waals surface area contributed by atoms with Crippen LogP contribution >= 0.6 is 11.3 Å². The van der Waals surface area contributed by atoms with Crippen molar-refractivity contribution in [3.8, 4) is 11.4 Å². The number of thiophene rings is 1. The highest BCUT2D eigenvalue weighted by Crippen LogP contribution is 2.36. The zero-order valence-corrected chi connectivity index (χ0v) is 23.4. The van der Waals surface area contributed by atoms with Gasteiger partial charge in [0.05, 0.1) is 40.9 Å². The molecule has 0 aliphatic carbocycles. The molecule has 0 amide bonds. The van der Waals surface area contributed by atoms with Crippen LogP contribution in [-0.4, -0.2) is 84.9 Å². The third-order valence-corrected chi connectivity index (χ3v) is 9.73. The summed E-state index contributed by atoms with van der Waals surface area (Å²) in [6, 6.07) is 8.30. The van der Waals surface area contributed by atoms with Crippen molar-refractivity contribution in [2.45, 2.75) is 32.2 Å². The third-order valence-electron chi connectivity index (χ3n) is 7.55. The van der Waals surface area contributed by atoms with Crippen molar-refractivity contribution in [3.63, 3.8) is 0 Å². The fourth-order valence-electron chi connectivity index (χ4n) is 5.68. The minimum atomic E-state index is -2.95. The summed E-state index contributed by atoms with van der Waals surface area (Å²) in [5, 5.41) is 8.29. The van der Waals surface area contributed by atoms with Gasteiger partial charge in [-0.25, -0.2) is 18.4 Å². The largest absolute Gasteiger partial charge is 0.378 e. The molecule has 0 spiro atoms. The smallest absolute Gasteiger partial charge is 0.162 e. The molecule has 0 saturated carbocycles. The highest BCUT2D eigenvalue weighted by molar-refractivity contribution is 7.90. The molecule has 2 aliphatic heterocycles. The number of aromatic nitrogens is 4. The number of hydrogen-bond acceptors (Lipinski definition) is 9. The quantitative estimate of drug-likeness (QED) is 0.380. The molecule has 0 bridgehead atoms. The van der Waals surface area contributed by atoms with Crippen molar-refractivity contribution in [1.29, 1.82) is 0 Å². The van der Waals surface area contributed by atoms with Crippen molar-refractivity contribution in [2.24, 2.45) is 5.92 Å². The molecule has 202 valence electrons. The maximum Gasteiger partial charge on any atom is 0.162 e. The van der Waals surface area contributed by atoms with Crippen LogP contribution in [0.1, 0.15) is 30.6 Å². The second kappa shape index (κ2) is 10.9. The van der Waals surface area contributed by atoms with E-state index in [2.05, 4.69) is 32.1 Å². The summed E-state index contributed by atoms with van der Waals surface area (Å²) < 4.78 is 30.5.